The van der Waals surface area contributed by atoms with Gasteiger partial charge in [-0.15, -0.1) is 0 Å². The van der Waals surface area contributed by atoms with Crippen molar-refractivity contribution < 1.29 is 0 Å². The zero-order valence-corrected chi connectivity index (χ0v) is 15.1. The summed E-state index contributed by atoms with van der Waals surface area (Å²) in [5, 5.41) is 4.02. The predicted molar refractivity (Wildman–Crippen MR) is 104 cm³/mol. The molecule has 1 aliphatic carbocycles. The largest absolute Gasteiger partial charge is 0.328 e. The number of aromatic amines is 1. The van der Waals surface area contributed by atoms with Crippen LogP contribution in [0.4, 0.5) is 0 Å². The summed E-state index contributed by atoms with van der Waals surface area (Å²) in [4.78, 5) is 17.4. The standard InChI is InChI=1S/C20H21ClN4O/c21-15-3-1-13(2-4-15)18-19(14-9-11-23-12-10-14)24-25(20(18)26)17-7-5-16(22)6-8-17/h1-4,9-12,16-17,24H,5-8,22H2. The van der Waals surface area contributed by atoms with E-state index in [1.165, 1.54) is 0 Å². The van der Waals surface area contributed by atoms with Gasteiger partial charge < -0.3 is 5.73 Å². The number of hydrogen-bond acceptors (Lipinski definition) is 3. The van der Waals surface area contributed by atoms with Crippen LogP contribution in [0, 0.1) is 0 Å². The summed E-state index contributed by atoms with van der Waals surface area (Å²) in [6.45, 7) is 0. The molecule has 3 aromatic rings. The first-order chi connectivity index (χ1) is 12.6. The fourth-order valence-corrected chi connectivity index (χ4v) is 3.81. The molecule has 5 nitrogen and oxygen atoms in total. The number of aromatic nitrogens is 3. The van der Waals surface area contributed by atoms with E-state index < -0.39 is 0 Å². The molecule has 1 aliphatic rings. The number of nitrogens with zero attached hydrogens (tertiary/aromatic N) is 2. The Balaban J connectivity index is 1.85. The van der Waals surface area contributed by atoms with Crippen LogP contribution in [0.25, 0.3) is 22.4 Å². The summed E-state index contributed by atoms with van der Waals surface area (Å²) in [5.41, 5.74) is 9.30. The SMILES string of the molecule is NC1CCC(n2[nH]c(-c3ccncc3)c(-c3ccc(Cl)cc3)c2=O)CC1. The van der Waals surface area contributed by atoms with E-state index in [1.54, 1.807) is 17.1 Å². The summed E-state index contributed by atoms with van der Waals surface area (Å²) in [5.74, 6) is 0. The average molecular weight is 369 g/mol. The molecule has 6 heteroatoms. The van der Waals surface area contributed by atoms with Crippen molar-refractivity contribution in [2.45, 2.75) is 37.8 Å². The van der Waals surface area contributed by atoms with Gasteiger partial charge in [0.15, 0.2) is 0 Å². The molecule has 0 unspecified atom stereocenters. The number of halogens is 1. The van der Waals surface area contributed by atoms with Gasteiger partial charge in [0.2, 0.25) is 0 Å². The molecule has 0 saturated heterocycles. The maximum atomic E-state index is 13.3. The van der Waals surface area contributed by atoms with Gasteiger partial charge in [0.1, 0.15) is 0 Å². The Labute approximate surface area is 156 Å². The minimum absolute atomic E-state index is 0.000365. The minimum atomic E-state index is -0.000365. The van der Waals surface area contributed by atoms with Crippen LogP contribution in [-0.2, 0) is 0 Å². The Kier molecular flexibility index (Phi) is 4.66. The van der Waals surface area contributed by atoms with E-state index in [1.807, 2.05) is 36.4 Å². The molecule has 0 amide bonds. The van der Waals surface area contributed by atoms with Crippen molar-refractivity contribution in [3.63, 3.8) is 0 Å². The summed E-state index contributed by atoms with van der Waals surface area (Å²) >= 11 is 6.03. The first-order valence-electron chi connectivity index (χ1n) is 8.90. The molecule has 0 bridgehead atoms. The fraction of sp³-hybridized carbons (Fsp3) is 0.300. The highest BCUT2D eigenvalue weighted by atomic mass is 35.5. The lowest BCUT2D eigenvalue weighted by Gasteiger charge is -2.26. The van der Waals surface area contributed by atoms with Crippen molar-refractivity contribution in [2.24, 2.45) is 5.73 Å². The van der Waals surface area contributed by atoms with Crippen molar-refractivity contribution in [3.8, 4) is 22.4 Å². The number of benzene rings is 1. The van der Waals surface area contributed by atoms with E-state index in [-0.39, 0.29) is 17.6 Å². The third-order valence-corrected chi connectivity index (χ3v) is 5.38. The number of pyridine rings is 1. The van der Waals surface area contributed by atoms with Crippen LogP contribution < -0.4 is 11.3 Å². The smallest absolute Gasteiger partial charge is 0.275 e. The van der Waals surface area contributed by atoms with E-state index in [0.717, 1.165) is 42.5 Å². The Morgan fingerprint density at radius 1 is 1.00 bits per heavy atom. The van der Waals surface area contributed by atoms with Gasteiger partial charge in [-0.3, -0.25) is 14.9 Å². The molecule has 1 aromatic carbocycles. The highest BCUT2D eigenvalue weighted by molar-refractivity contribution is 6.30. The maximum absolute atomic E-state index is 13.3. The molecular formula is C20H21ClN4O. The summed E-state index contributed by atoms with van der Waals surface area (Å²) in [6, 6.07) is 11.6. The Hall–Kier alpha value is -2.37. The molecule has 134 valence electrons. The van der Waals surface area contributed by atoms with Crippen molar-refractivity contribution >= 4 is 11.6 Å². The number of nitrogens with two attached hydrogens (primary N) is 1. The van der Waals surface area contributed by atoms with E-state index >= 15 is 0 Å². The summed E-state index contributed by atoms with van der Waals surface area (Å²) in [6.07, 6.45) is 7.18. The third-order valence-electron chi connectivity index (χ3n) is 5.12. The molecule has 1 fully saturated rings. The van der Waals surface area contributed by atoms with Crippen LogP contribution in [0.2, 0.25) is 5.02 Å². The van der Waals surface area contributed by atoms with Crippen LogP contribution in [0.15, 0.2) is 53.6 Å². The number of H-pyrrole nitrogens is 1. The Morgan fingerprint density at radius 2 is 1.65 bits per heavy atom. The van der Waals surface area contributed by atoms with E-state index in [2.05, 4.69) is 10.1 Å². The van der Waals surface area contributed by atoms with Gasteiger partial charge in [0.05, 0.1) is 17.3 Å². The molecule has 0 atom stereocenters. The van der Waals surface area contributed by atoms with Gasteiger partial charge in [0.25, 0.3) is 5.56 Å². The zero-order valence-electron chi connectivity index (χ0n) is 14.4. The second-order valence-electron chi connectivity index (χ2n) is 6.85. The molecule has 0 radical (unpaired) electrons. The first kappa shape index (κ1) is 17.1. The fourth-order valence-electron chi connectivity index (χ4n) is 3.68. The van der Waals surface area contributed by atoms with Crippen molar-refractivity contribution in [1.82, 2.24) is 14.8 Å². The van der Waals surface area contributed by atoms with E-state index in [9.17, 15) is 4.79 Å². The highest BCUT2D eigenvalue weighted by Gasteiger charge is 2.25. The first-order valence-corrected chi connectivity index (χ1v) is 9.27. The predicted octanol–water partition coefficient (Wildman–Crippen LogP) is 4.00. The Morgan fingerprint density at radius 3 is 2.31 bits per heavy atom. The summed E-state index contributed by atoms with van der Waals surface area (Å²) in [7, 11) is 0. The molecule has 0 spiro atoms. The molecule has 4 rings (SSSR count). The van der Waals surface area contributed by atoms with Crippen LogP contribution in [-0.4, -0.2) is 20.8 Å². The summed E-state index contributed by atoms with van der Waals surface area (Å²) < 4.78 is 1.78. The van der Waals surface area contributed by atoms with Gasteiger partial charge >= 0.3 is 0 Å². The zero-order chi connectivity index (χ0) is 18.1. The number of nitrogens with one attached hydrogen (secondary N) is 1. The minimum Gasteiger partial charge on any atom is -0.328 e. The van der Waals surface area contributed by atoms with Crippen LogP contribution >= 0.6 is 11.6 Å². The van der Waals surface area contributed by atoms with Crippen LogP contribution in [0.1, 0.15) is 31.7 Å². The molecule has 1 saturated carbocycles. The second kappa shape index (κ2) is 7.09. The maximum Gasteiger partial charge on any atom is 0.275 e. The van der Waals surface area contributed by atoms with E-state index in [0.29, 0.717) is 10.6 Å². The van der Waals surface area contributed by atoms with Gasteiger partial charge in [-0.2, -0.15) is 0 Å². The molecule has 3 N–H and O–H groups in total. The number of rotatable bonds is 3. The van der Waals surface area contributed by atoms with Gasteiger partial charge in [-0.05, 0) is 55.5 Å². The highest BCUT2D eigenvalue weighted by Crippen LogP contribution is 2.32. The topological polar surface area (TPSA) is 76.7 Å². The molecule has 26 heavy (non-hydrogen) atoms. The average Bonchev–Trinajstić information content (AvgIpc) is 3.01. The van der Waals surface area contributed by atoms with Crippen molar-refractivity contribution in [3.05, 3.63) is 64.2 Å². The third kappa shape index (κ3) is 3.20. The number of hydrogen-bond donors (Lipinski definition) is 2. The monoisotopic (exact) mass is 368 g/mol. The molecule has 2 heterocycles. The van der Waals surface area contributed by atoms with Crippen molar-refractivity contribution in [1.29, 1.82) is 0 Å². The molecule has 0 aliphatic heterocycles. The lowest BCUT2D eigenvalue weighted by molar-refractivity contribution is 0.300. The van der Waals surface area contributed by atoms with Gasteiger partial charge in [0, 0.05) is 29.0 Å². The lowest BCUT2D eigenvalue weighted by atomic mass is 9.92. The molecular weight excluding hydrogens is 348 g/mol. The van der Waals surface area contributed by atoms with Gasteiger partial charge in [-0.1, -0.05) is 23.7 Å². The lowest BCUT2D eigenvalue weighted by Crippen LogP contribution is -2.31. The van der Waals surface area contributed by atoms with Crippen molar-refractivity contribution in [2.75, 3.05) is 0 Å². The normalized spacial score (nSPS) is 20.2. The van der Waals surface area contributed by atoms with Crippen LogP contribution in [0.3, 0.4) is 0 Å². The van der Waals surface area contributed by atoms with E-state index in [4.69, 9.17) is 17.3 Å². The Bertz CT molecular complexity index is 938. The second-order valence-corrected chi connectivity index (χ2v) is 7.28. The quantitative estimate of drug-likeness (QED) is 0.733. The van der Waals surface area contributed by atoms with Crippen LogP contribution in [0.5, 0.6) is 0 Å². The van der Waals surface area contributed by atoms with Gasteiger partial charge in [-0.25, -0.2) is 4.68 Å². The molecule has 2 aromatic heterocycles.